The summed E-state index contributed by atoms with van der Waals surface area (Å²) < 4.78 is 15.1. The monoisotopic (exact) mass is 488 g/mol. The molecule has 9 heteroatoms. The molecule has 0 amide bonds. The van der Waals surface area contributed by atoms with Crippen LogP contribution in [0.5, 0.6) is 17.2 Å². The van der Waals surface area contributed by atoms with Crippen LogP contribution in [0.1, 0.15) is 12.8 Å². The van der Waals surface area contributed by atoms with Gasteiger partial charge < -0.3 is 29.3 Å². The summed E-state index contributed by atoms with van der Waals surface area (Å²) in [4.78, 5) is 18.3. The van der Waals surface area contributed by atoms with Gasteiger partial charge in [-0.3, -0.25) is 9.69 Å². The third-order valence-electron chi connectivity index (χ3n) is 6.53. The molecule has 2 aromatic rings. The zero-order valence-electron chi connectivity index (χ0n) is 19.6. The maximum absolute atomic E-state index is 13.0. The van der Waals surface area contributed by atoms with Crippen LogP contribution in [0.4, 0.5) is 5.69 Å². The highest BCUT2D eigenvalue weighted by Gasteiger charge is 2.49. The number of rotatable bonds is 7. The molecule has 34 heavy (non-hydrogen) atoms. The number of phenolic OH excluding ortho intramolecular Hbond substituents is 1. The predicted molar refractivity (Wildman–Crippen MR) is 131 cm³/mol. The van der Waals surface area contributed by atoms with Gasteiger partial charge in [-0.15, -0.1) is 11.8 Å². The minimum absolute atomic E-state index is 0.0146. The fourth-order valence-corrected chi connectivity index (χ4v) is 5.97. The van der Waals surface area contributed by atoms with Gasteiger partial charge in [-0.1, -0.05) is 12.1 Å². The zero-order chi connectivity index (χ0) is 24.1. The lowest BCUT2D eigenvalue weighted by atomic mass is 9.95. The second kappa shape index (κ2) is 10.8. The van der Waals surface area contributed by atoms with E-state index in [0.29, 0.717) is 23.7 Å². The first kappa shape index (κ1) is 24.5. The zero-order valence-corrected chi connectivity index (χ0v) is 20.4. The molecule has 0 radical (unpaired) electrons. The van der Waals surface area contributed by atoms with E-state index >= 15 is 0 Å². The SMILES string of the molecule is COC(=O)[C@]1(CCCN2CCN(c3ccccc3O)CC2)Sc2cc(OC)ccc2OC[C@@H]1O. The number of hydrogen-bond acceptors (Lipinski definition) is 9. The molecule has 2 aliphatic rings. The van der Waals surface area contributed by atoms with Crippen molar-refractivity contribution in [3.05, 3.63) is 42.5 Å². The van der Waals surface area contributed by atoms with Crippen molar-refractivity contribution >= 4 is 23.4 Å². The van der Waals surface area contributed by atoms with E-state index < -0.39 is 16.8 Å². The van der Waals surface area contributed by atoms with Crippen LogP contribution in [0.2, 0.25) is 0 Å². The Balaban J connectivity index is 1.41. The topological polar surface area (TPSA) is 91.7 Å². The average molecular weight is 489 g/mol. The number of fused-ring (bicyclic) bond motifs is 1. The minimum atomic E-state index is -1.16. The first-order chi connectivity index (χ1) is 16.5. The Labute approximate surface area is 204 Å². The highest BCUT2D eigenvalue weighted by atomic mass is 32.2. The number of ether oxygens (including phenoxy) is 3. The van der Waals surface area contributed by atoms with Crippen LogP contribution in [-0.2, 0) is 9.53 Å². The van der Waals surface area contributed by atoms with E-state index in [1.165, 1.54) is 18.9 Å². The van der Waals surface area contributed by atoms with Crippen LogP contribution >= 0.6 is 11.8 Å². The van der Waals surface area contributed by atoms with Crippen LogP contribution in [0.15, 0.2) is 47.4 Å². The molecule has 1 fully saturated rings. The van der Waals surface area contributed by atoms with Gasteiger partial charge in [0, 0.05) is 26.2 Å². The molecule has 2 N–H and O–H groups in total. The van der Waals surface area contributed by atoms with Crippen LogP contribution < -0.4 is 14.4 Å². The number of hydrogen-bond donors (Lipinski definition) is 2. The summed E-state index contributed by atoms with van der Waals surface area (Å²) in [6.07, 6.45) is 0.154. The number of para-hydroxylation sites is 2. The Bertz CT molecular complexity index is 997. The molecular formula is C25H32N2O6S. The lowest BCUT2D eigenvalue weighted by Gasteiger charge is -2.37. The fourth-order valence-electron chi connectivity index (χ4n) is 4.56. The number of esters is 1. The number of piperazine rings is 1. The molecule has 2 heterocycles. The van der Waals surface area contributed by atoms with Gasteiger partial charge in [0.15, 0.2) is 0 Å². The van der Waals surface area contributed by atoms with Crippen molar-refractivity contribution in [3.63, 3.8) is 0 Å². The molecule has 184 valence electrons. The van der Waals surface area contributed by atoms with E-state index in [4.69, 9.17) is 14.2 Å². The number of thioether (sulfide) groups is 1. The number of carbonyl (C=O) groups excluding carboxylic acids is 1. The van der Waals surface area contributed by atoms with E-state index in [1.807, 2.05) is 24.3 Å². The number of aliphatic hydroxyl groups excluding tert-OH is 1. The molecule has 2 atom stereocenters. The number of methoxy groups -OCH3 is 2. The lowest BCUT2D eigenvalue weighted by molar-refractivity contribution is -0.147. The summed E-state index contributed by atoms with van der Waals surface area (Å²) in [6, 6.07) is 12.8. The molecule has 0 saturated carbocycles. The molecule has 0 spiro atoms. The highest BCUT2D eigenvalue weighted by Crippen LogP contribution is 2.47. The molecule has 0 bridgehead atoms. The van der Waals surface area contributed by atoms with Gasteiger partial charge in [0.1, 0.15) is 34.7 Å². The standard InChI is InChI=1S/C25H32N2O6S/c1-31-18-8-9-21-22(16-18)34-25(24(30)32-2,23(29)17-33-21)10-5-11-26-12-14-27(15-13-26)19-6-3-4-7-20(19)28/h3-4,6-9,16,23,28-29H,5,10-15,17H2,1-2H3/t23-,25+/m0/s1. The molecule has 1 saturated heterocycles. The van der Waals surface area contributed by atoms with Gasteiger partial charge in [0.25, 0.3) is 0 Å². The fraction of sp³-hybridized carbons (Fsp3) is 0.480. The van der Waals surface area contributed by atoms with E-state index in [2.05, 4.69) is 9.80 Å². The van der Waals surface area contributed by atoms with E-state index in [0.717, 1.165) is 49.7 Å². The number of aliphatic hydroxyl groups is 1. The molecule has 4 rings (SSSR count). The molecule has 2 aliphatic heterocycles. The van der Waals surface area contributed by atoms with Gasteiger partial charge in [-0.05, 0) is 49.7 Å². The summed E-state index contributed by atoms with van der Waals surface area (Å²) in [5.74, 6) is 1.13. The van der Waals surface area contributed by atoms with Gasteiger partial charge in [0.05, 0.1) is 24.8 Å². The first-order valence-corrected chi connectivity index (χ1v) is 12.3. The maximum Gasteiger partial charge on any atom is 0.325 e. The molecular weight excluding hydrogens is 456 g/mol. The normalized spacial score (nSPS) is 22.9. The Morgan fingerprint density at radius 1 is 1.18 bits per heavy atom. The van der Waals surface area contributed by atoms with E-state index in [9.17, 15) is 15.0 Å². The maximum atomic E-state index is 13.0. The van der Waals surface area contributed by atoms with E-state index in [1.54, 1.807) is 25.3 Å². The van der Waals surface area contributed by atoms with Crippen molar-refractivity contribution in [2.24, 2.45) is 0 Å². The summed E-state index contributed by atoms with van der Waals surface area (Å²) in [5.41, 5.74) is 0.860. The van der Waals surface area contributed by atoms with Crippen molar-refractivity contribution < 1.29 is 29.2 Å². The van der Waals surface area contributed by atoms with Gasteiger partial charge in [-0.2, -0.15) is 0 Å². The number of anilines is 1. The van der Waals surface area contributed by atoms with Crippen LogP contribution in [0.3, 0.4) is 0 Å². The molecule has 8 nitrogen and oxygen atoms in total. The number of carbonyl (C=O) groups is 1. The van der Waals surface area contributed by atoms with Crippen molar-refractivity contribution in [1.82, 2.24) is 4.90 Å². The van der Waals surface area contributed by atoms with Crippen molar-refractivity contribution in [1.29, 1.82) is 0 Å². The highest BCUT2D eigenvalue weighted by molar-refractivity contribution is 8.01. The summed E-state index contributed by atoms with van der Waals surface area (Å²) in [5, 5.41) is 21.1. The second-order valence-corrected chi connectivity index (χ2v) is 9.92. The predicted octanol–water partition coefficient (Wildman–Crippen LogP) is 2.76. The van der Waals surface area contributed by atoms with Gasteiger partial charge in [-0.25, -0.2) is 0 Å². The quantitative estimate of drug-likeness (QED) is 0.571. The Morgan fingerprint density at radius 2 is 1.94 bits per heavy atom. The first-order valence-electron chi connectivity index (χ1n) is 11.5. The van der Waals surface area contributed by atoms with Crippen LogP contribution in [0.25, 0.3) is 0 Å². The molecule has 0 unspecified atom stereocenters. The second-order valence-electron chi connectivity index (χ2n) is 8.54. The average Bonchev–Trinajstić information content (AvgIpc) is 3.00. The van der Waals surface area contributed by atoms with Crippen LogP contribution in [-0.4, -0.2) is 85.5 Å². The van der Waals surface area contributed by atoms with Gasteiger partial charge in [0.2, 0.25) is 0 Å². The summed E-state index contributed by atoms with van der Waals surface area (Å²) in [6.45, 7) is 4.17. The number of nitrogens with zero attached hydrogens (tertiary/aromatic N) is 2. The number of benzene rings is 2. The third kappa shape index (κ3) is 5.06. The summed E-state index contributed by atoms with van der Waals surface area (Å²) in [7, 11) is 2.94. The third-order valence-corrected chi connectivity index (χ3v) is 8.07. The lowest BCUT2D eigenvalue weighted by Crippen LogP contribution is -2.50. The van der Waals surface area contributed by atoms with Crippen molar-refractivity contribution in [3.8, 4) is 17.2 Å². The smallest absolute Gasteiger partial charge is 0.325 e. The van der Waals surface area contributed by atoms with Crippen LogP contribution in [0, 0.1) is 0 Å². The van der Waals surface area contributed by atoms with E-state index in [-0.39, 0.29) is 6.61 Å². The van der Waals surface area contributed by atoms with Crippen molar-refractivity contribution in [2.45, 2.75) is 28.6 Å². The molecule has 0 aromatic heterocycles. The Kier molecular flexibility index (Phi) is 7.75. The molecule has 2 aromatic carbocycles. The minimum Gasteiger partial charge on any atom is -0.506 e. The Hall–Kier alpha value is -2.62. The molecule has 0 aliphatic carbocycles. The van der Waals surface area contributed by atoms with Crippen molar-refractivity contribution in [2.75, 3.05) is 58.5 Å². The Morgan fingerprint density at radius 3 is 2.65 bits per heavy atom. The summed E-state index contributed by atoms with van der Waals surface area (Å²) >= 11 is 1.30. The number of aromatic hydroxyl groups is 1. The number of phenols is 1. The largest absolute Gasteiger partial charge is 0.506 e. The van der Waals surface area contributed by atoms with Gasteiger partial charge >= 0.3 is 5.97 Å².